The van der Waals surface area contributed by atoms with Gasteiger partial charge in [-0.2, -0.15) is 0 Å². The molecule has 2 aliphatic heterocycles. The van der Waals surface area contributed by atoms with E-state index in [2.05, 4.69) is 49.5 Å². The number of rotatable bonds is 0. The summed E-state index contributed by atoms with van der Waals surface area (Å²) in [5.41, 5.74) is 3.09. The molecule has 0 radical (unpaired) electrons. The van der Waals surface area contributed by atoms with Gasteiger partial charge in [0.25, 0.3) is 0 Å². The van der Waals surface area contributed by atoms with Crippen LogP contribution in [0, 0.1) is 12.8 Å². The van der Waals surface area contributed by atoms with E-state index in [1.807, 2.05) is 0 Å². The van der Waals surface area contributed by atoms with Crippen molar-refractivity contribution in [1.29, 1.82) is 0 Å². The minimum Gasteiger partial charge on any atom is -0.489 e. The first-order valence-corrected chi connectivity index (χ1v) is 7.40. The molecule has 1 aliphatic carbocycles. The first kappa shape index (κ1) is 11.5. The summed E-state index contributed by atoms with van der Waals surface area (Å²) in [4.78, 5) is 0. The van der Waals surface area contributed by atoms with Crippen LogP contribution in [0.1, 0.15) is 30.9 Å². The molecule has 4 unspecified atom stereocenters. The summed E-state index contributed by atoms with van der Waals surface area (Å²) in [6, 6.07) is 7.04. The zero-order valence-corrected chi connectivity index (χ0v) is 11.6. The third-order valence-electron chi connectivity index (χ3n) is 5.38. The fourth-order valence-electron chi connectivity index (χ4n) is 4.61. The summed E-state index contributed by atoms with van der Waals surface area (Å²) in [6.45, 7) is 5.65. The van der Waals surface area contributed by atoms with E-state index < -0.39 is 0 Å². The molecule has 3 aliphatic rings. The summed E-state index contributed by atoms with van der Waals surface area (Å²) in [6.07, 6.45) is 7.33. The highest BCUT2D eigenvalue weighted by atomic mass is 16.5. The monoisotopic (exact) mass is 255 g/mol. The maximum atomic E-state index is 6.32. The van der Waals surface area contributed by atoms with Crippen molar-refractivity contribution in [1.82, 2.24) is 5.32 Å². The van der Waals surface area contributed by atoms with E-state index >= 15 is 0 Å². The van der Waals surface area contributed by atoms with Gasteiger partial charge in [-0.05, 0) is 38.4 Å². The fourth-order valence-corrected chi connectivity index (χ4v) is 4.61. The van der Waals surface area contributed by atoms with Crippen molar-refractivity contribution in [2.24, 2.45) is 5.92 Å². The summed E-state index contributed by atoms with van der Waals surface area (Å²) in [7, 11) is 0. The highest BCUT2D eigenvalue weighted by Gasteiger charge is 2.57. The third kappa shape index (κ3) is 1.35. The molecule has 4 atom stereocenters. The average molecular weight is 255 g/mol. The van der Waals surface area contributed by atoms with E-state index in [4.69, 9.17) is 4.74 Å². The van der Waals surface area contributed by atoms with Crippen LogP contribution in [0.3, 0.4) is 0 Å². The van der Waals surface area contributed by atoms with E-state index in [0.29, 0.717) is 18.1 Å². The molecule has 1 aromatic rings. The Morgan fingerprint density at radius 1 is 1.37 bits per heavy atom. The molecule has 0 aromatic heterocycles. The summed E-state index contributed by atoms with van der Waals surface area (Å²) in [5, 5.41) is 3.63. The molecule has 1 N–H and O–H groups in total. The first-order chi connectivity index (χ1) is 9.23. The Kier molecular flexibility index (Phi) is 2.34. The van der Waals surface area contributed by atoms with Crippen molar-refractivity contribution in [2.75, 3.05) is 6.54 Å². The minimum atomic E-state index is 0.208. The topological polar surface area (TPSA) is 21.3 Å². The maximum Gasteiger partial charge on any atom is 0.123 e. The normalized spacial score (nSPS) is 39.2. The van der Waals surface area contributed by atoms with Gasteiger partial charge in [0.2, 0.25) is 0 Å². The number of aryl methyl sites for hydroxylation is 1. The van der Waals surface area contributed by atoms with Gasteiger partial charge in [0.15, 0.2) is 0 Å². The van der Waals surface area contributed by atoms with Crippen LogP contribution in [-0.4, -0.2) is 18.7 Å². The third-order valence-corrected chi connectivity index (χ3v) is 5.38. The Morgan fingerprint density at radius 3 is 3.16 bits per heavy atom. The van der Waals surface area contributed by atoms with Gasteiger partial charge in [0, 0.05) is 29.4 Å². The van der Waals surface area contributed by atoms with Crippen molar-refractivity contribution in [3.8, 4) is 5.75 Å². The van der Waals surface area contributed by atoms with Gasteiger partial charge < -0.3 is 10.1 Å². The van der Waals surface area contributed by atoms with Gasteiger partial charge in [-0.1, -0.05) is 24.3 Å². The quantitative estimate of drug-likeness (QED) is 0.720. The molecule has 100 valence electrons. The van der Waals surface area contributed by atoms with E-state index in [0.717, 1.165) is 18.7 Å². The summed E-state index contributed by atoms with van der Waals surface area (Å²) >= 11 is 0. The van der Waals surface area contributed by atoms with Crippen LogP contribution in [0.25, 0.3) is 0 Å². The van der Waals surface area contributed by atoms with Crippen LogP contribution in [0.2, 0.25) is 0 Å². The second-order valence-electron chi connectivity index (χ2n) is 6.28. The molecule has 2 nitrogen and oxygen atoms in total. The predicted octanol–water partition coefficient (Wildman–Crippen LogP) is 2.95. The number of hydrogen-bond donors (Lipinski definition) is 1. The number of nitrogens with one attached hydrogen (secondary N) is 1. The first-order valence-electron chi connectivity index (χ1n) is 7.40. The molecule has 0 saturated carbocycles. The van der Waals surface area contributed by atoms with Crippen LogP contribution < -0.4 is 10.1 Å². The van der Waals surface area contributed by atoms with Gasteiger partial charge in [0.05, 0.1) is 0 Å². The summed E-state index contributed by atoms with van der Waals surface area (Å²) in [5.74, 6) is 1.69. The largest absolute Gasteiger partial charge is 0.489 e. The van der Waals surface area contributed by atoms with E-state index in [1.54, 1.807) is 0 Å². The molecule has 0 amide bonds. The SMILES string of the molecule is Cc1cccc2c1C13CCNC(C)C1C=CCC3O2. The van der Waals surface area contributed by atoms with E-state index in [1.165, 1.54) is 17.5 Å². The number of hydrogen-bond acceptors (Lipinski definition) is 2. The molecule has 4 rings (SSSR count). The Balaban J connectivity index is 1.95. The van der Waals surface area contributed by atoms with Crippen LogP contribution >= 0.6 is 0 Å². The van der Waals surface area contributed by atoms with Crippen molar-refractivity contribution in [3.63, 3.8) is 0 Å². The molecule has 2 heterocycles. The fraction of sp³-hybridized carbons (Fsp3) is 0.529. The van der Waals surface area contributed by atoms with Crippen molar-refractivity contribution in [2.45, 2.75) is 44.2 Å². The number of fused-ring (bicyclic) bond motifs is 1. The Morgan fingerprint density at radius 2 is 2.26 bits per heavy atom. The molecule has 1 aromatic carbocycles. The number of benzene rings is 1. The zero-order chi connectivity index (χ0) is 13.0. The second kappa shape index (κ2) is 3.86. The van der Waals surface area contributed by atoms with Gasteiger partial charge >= 0.3 is 0 Å². The van der Waals surface area contributed by atoms with E-state index in [9.17, 15) is 0 Å². The van der Waals surface area contributed by atoms with Crippen molar-refractivity contribution in [3.05, 3.63) is 41.5 Å². The lowest BCUT2D eigenvalue weighted by molar-refractivity contribution is 0.0668. The predicted molar refractivity (Wildman–Crippen MR) is 76.6 cm³/mol. The highest BCUT2D eigenvalue weighted by molar-refractivity contribution is 5.52. The van der Waals surface area contributed by atoms with Crippen LogP contribution in [0.4, 0.5) is 0 Å². The second-order valence-corrected chi connectivity index (χ2v) is 6.28. The van der Waals surface area contributed by atoms with E-state index in [-0.39, 0.29) is 5.41 Å². The van der Waals surface area contributed by atoms with Crippen molar-refractivity contribution >= 4 is 0 Å². The van der Waals surface area contributed by atoms with Gasteiger partial charge in [-0.25, -0.2) is 0 Å². The summed E-state index contributed by atoms with van der Waals surface area (Å²) < 4.78 is 6.32. The number of ether oxygens (including phenoxy) is 1. The molecular weight excluding hydrogens is 234 g/mol. The average Bonchev–Trinajstić information content (AvgIpc) is 2.73. The molecule has 2 heteroatoms. The van der Waals surface area contributed by atoms with Crippen LogP contribution in [-0.2, 0) is 5.41 Å². The smallest absolute Gasteiger partial charge is 0.123 e. The maximum absolute atomic E-state index is 6.32. The lowest BCUT2D eigenvalue weighted by atomic mass is 9.58. The molecule has 0 bridgehead atoms. The Bertz CT molecular complexity index is 550. The van der Waals surface area contributed by atoms with Gasteiger partial charge in [-0.3, -0.25) is 0 Å². The lowest BCUT2D eigenvalue weighted by Crippen LogP contribution is -2.58. The molecule has 1 fully saturated rings. The number of piperidine rings is 1. The van der Waals surface area contributed by atoms with Crippen LogP contribution in [0.15, 0.2) is 30.4 Å². The Hall–Kier alpha value is -1.28. The highest BCUT2D eigenvalue weighted by Crippen LogP contribution is 2.56. The molecular formula is C17H21NO. The van der Waals surface area contributed by atoms with Crippen LogP contribution in [0.5, 0.6) is 5.75 Å². The van der Waals surface area contributed by atoms with Crippen molar-refractivity contribution < 1.29 is 4.74 Å². The molecule has 1 spiro atoms. The zero-order valence-electron chi connectivity index (χ0n) is 11.6. The molecule has 1 saturated heterocycles. The van der Waals surface area contributed by atoms with Gasteiger partial charge in [0.1, 0.15) is 11.9 Å². The van der Waals surface area contributed by atoms with Gasteiger partial charge in [-0.15, -0.1) is 0 Å². The standard InChI is InChI=1S/C17H21NO/c1-11-5-3-7-14-16(11)17-9-10-18-12(2)13(17)6-4-8-15(17)19-14/h3-7,12-13,15,18H,8-10H2,1-2H3. The molecule has 19 heavy (non-hydrogen) atoms. The Labute approximate surface area is 114 Å². The minimum absolute atomic E-state index is 0.208. The lowest BCUT2D eigenvalue weighted by Gasteiger charge is -2.49.